The molecule has 7 nitrogen and oxygen atoms in total. The summed E-state index contributed by atoms with van der Waals surface area (Å²) in [6.45, 7) is 30.0. The van der Waals surface area contributed by atoms with Gasteiger partial charge in [-0.25, -0.2) is 0 Å². The average molecular weight is 660 g/mol. The zero-order valence-corrected chi connectivity index (χ0v) is 30.9. The molecule has 1 radical (unpaired) electrons. The third-order valence-corrected chi connectivity index (χ3v) is 6.49. The molecule has 0 aromatic heterocycles. The van der Waals surface area contributed by atoms with Crippen LogP contribution in [0.25, 0.3) is 11.8 Å². The van der Waals surface area contributed by atoms with Crippen LogP contribution in [-0.4, -0.2) is 39.5 Å². The lowest BCUT2D eigenvalue weighted by Crippen LogP contribution is -2.40. The van der Waals surface area contributed by atoms with E-state index in [4.69, 9.17) is 33.4 Å². The van der Waals surface area contributed by atoms with Crippen LogP contribution in [-0.2, 0) is 4.74 Å². The summed E-state index contributed by atoms with van der Waals surface area (Å²) in [6.07, 6.45) is 8.56. The third kappa shape index (κ3) is 18.4. The van der Waals surface area contributed by atoms with Gasteiger partial charge in [-0.05, 0) is 75.2 Å². The number of ether oxygens (including phenoxy) is 1. The Bertz CT molecular complexity index is 1340. The van der Waals surface area contributed by atoms with Crippen LogP contribution in [0.5, 0.6) is 0 Å². The van der Waals surface area contributed by atoms with Gasteiger partial charge in [-0.2, -0.15) is 0 Å². The molecule has 1 unspecified atom stereocenters. The number of halogens is 1. The van der Waals surface area contributed by atoms with Gasteiger partial charge in [0.2, 0.25) is 0 Å². The molecule has 2 aromatic carbocycles. The molecule has 0 amide bonds. The van der Waals surface area contributed by atoms with Crippen molar-refractivity contribution in [2.24, 2.45) is 5.73 Å². The fourth-order valence-corrected chi connectivity index (χ4v) is 4.09. The van der Waals surface area contributed by atoms with E-state index < -0.39 is 0 Å². The predicted molar refractivity (Wildman–Crippen MR) is 211 cm³/mol. The van der Waals surface area contributed by atoms with Gasteiger partial charge >= 0.3 is 0 Å². The molecule has 1 atom stereocenters. The fourth-order valence-electron chi connectivity index (χ4n) is 3.93. The van der Waals surface area contributed by atoms with Crippen molar-refractivity contribution >= 4 is 54.2 Å². The summed E-state index contributed by atoms with van der Waals surface area (Å²) in [5.74, 6) is 0.428. The second-order valence-corrected chi connectivity index (χ2v) is 9.71. The Morgan fingerprint density at radius 2 is 1.77 bits per heavy atom. The Morgan fingerprint density at radius 3 is 2.17 bits per heavy atom. The summed E-state index contributed by atoms with van der Waals surface area (Å²) < 4.78 is 4.15. The van der Waals surface area contributed by atoms with Crippen molar-refractivity contribution in [3.8, 4) is 6.26 Å². The number of hydrogen-bond acceptors (Lipinski definition) is 7. The highest BCUT2D eigenvalue weighted by atomic mass is 35.5. The molecular weight excluding hydrogens is 603 g/mol. The smallest absolute Gasteiger partial charge is 0.291 e. The van der Waals surface area contributed by atoms with E-state index in [-0.39, 0.29) is 6.17 Å². The van der Waals surface area contributed by atoms with Crippen molar-refractivity contribution in [2.75, 3.05) is 18.5 Å². The van der Waals surface area contributed by atoms with Crippen LogP contribution in [0.2, 0.25) is 6.82 Å². The number of nitrogens with zero attached hydrogens (tertiary/aromatic N) is 2. The normalized spacial score (nSPS) is 11.0. The predicted octanol–water partition coefficient (Wildman–Crippen LogP) is 9.26. The van der Waals surface area contributed by atoms with Crippen molar-refractivity contribution in [1.82, 2.24) is 5.32 Å². The van der Waals surface area contributed by atoms with Crippen LogP contribution >= 0.6 is 11.6 Å². The molecule has 9 heteroatoms. The molecule has 0 saturated heterocycles. The van der Waals surface area contributed by atoms with E-state index in [2.05, 4.69) is 67.7 Å². The van der Waals surface area contributed by atoms with Gasteiger partial charge < -0.3 is 26.1 Å². The monoisotopic (exact) mass is 659 g/mol. The topological polar surface area (TPSA) is 122 Å². The molecule has 0 bridgehead atoms. The highest BCUT2D eigenvalue weighted by Crippen LogP contribution is 2.30. The summed E-state index contributed by atoms with van der Waals surface area (Å²) in [4.78, 5) is 2.10. The lowest BCUT2D eigenvalue weighted by molar-refractivity contribution is 0.380. The van der Waals surface area contributed by atoms with E-state index in [0.717, 1.165) is 58.1 Å². The van der Waals surface area contributed by atoms with Gasteiger partial charge in [-0.3, -0.25) is 5.41 Å². The molecule has 2 aromatic rings. The van der Waals surface area contributed by atoms with E-state index in [0.29, 0.717) is 11.5 Å². The Kier molecular flexibility index (Phi) is 29.2. The minimum Gasteiger partial charge on any atom is -0.394 e. The molecule has 1 aliphatic rings. The Balaban J connectivity index is -0.000000674. The largest absolute Gasteiger partial charge is 0.394 e. The average Bonchev–Trinajstić information content (AvgIpc) is 3.11. The molecular formula is C38H57BClN6O. The minimum absolute atomic E-state index is 0.115. The van der Waals surface area contributed by atoms with Crippen molar-refractivity contribution < 1.29 is 4.74 Å². The first kappa shape index (κ1) is 47.1. The lowest BCUT2D eigenvalue weighted by atomic mass is 9.73. The molecule has 0 fully saturated rings. The molecule has 0 spiro atoms. The van der Waals surface area contributed by atoms with Crippen LogP contribution in [0, 0.1) is 22.3 Å². The van der Waals surface area contributed by atoms with E-state index in [1.54, 1.807) is 13.0 Å². The molecule has 0 heterocycles. The Hall–Kier alpha value is -4.32. The van der Waals surface area contributed by atoms with Crippen molar-refractivity contribution in [2.45, 2.75) is 74.3 Å². The number of nitriles is 1. The minimum atomic E-state index is -0.115. The molecule has 5 N–H and O–H groups in total. The number of benzene rings is 2. The van der Waals surface area contributed by atoms with Crippen LogP contribution in [0.15, 0.2) is 90.7 Å². The highest BCUT2D eigenvalue weighted by Gasteiger charge is 2.19. The van der Waals surface area contributed by atoms with Gasteiger partial charge in [-0.15, -0.1) is 5.26 Å². The zero-order valence-electron chi connectivity index (χ0n) is 30.1. The third-order valence-electron chi connectivity index (χ3n) is 6.18. The quantitative estimate of drug-likeness (QED) is 0.0666. The van der Waals surface area contributed by atoms with E-state index in [1.807, 2.05) is 91.0 Å². The maximum atomic E-state index is 8.67. The van der Waals surface area contributed by atoms with Crippen LogP contribution < -0.4 is 21.4 Å². The standard InChI is InChI=1S/C19H24ClN3.C10H13BN.C4H5NO.2C2H6.CH3N/c1-4-14-6-11-18(23(5-2)13(3)21)17(12-14)19(22)15-7-9-16(20)10-8-15;1-8(12-3)9-5-4-6-10(7-9)11-2;1-4(2)6-3-5;3*1-2/h4,6-7,9,11-13,22H,1,5,8,10,21H2,2-3H3;4-7,12H,1H2,2-3H3;1H2,2H3;2*1-2H3;2H,1H2. The molecule has 0 aliphatic heterocycles. The molecule has 1 aliphatic carbocycles. The van der Waals surface area contributed by atoms with Crippen LogP contribution in [0.3, 0.4) is 0 Å². The summed E-state index contributed by atoms with van der Waals surface area (Å²) >= 11 is 6.03. The molecule has 3 rings (SSSR count). The maximum Gasteiger partial charge on any atom is 0.291 e. The first-order valence-corrected chi connectivity index (χ1v) is 16.2. The van der Waals surface area contributed by atoms with Gasteiger partial charge in [0, 0.05) is 35.6 Å². The van der Waals surface area contributed by atoms with Gasteiger partial charge in [0.05, 0.1) is 11.9 Å². The summed E-state index contributed by atoms with van der Waals surface area (Å²) in [5, 5.41) is 25.7. The zero-order chi connectivity index (χ0) is 36.9. The first-order valence-electron chi connectivity index (χ1n) is 15.8. The number of anilines is 1. The van der Waals surface area contributed by atoms with Crippen LogP contribution in [0.4, 0.5) is 5.69 Å². The summed E-state index contributed by atoms with van der Waals surface area (Å²) in [7, 11) is 3.96. The van der Waals surface area contributed by atoms with Gasteiger partial charge in [-0.1, -0.05) is 114 Å². The second kappa shape index (κ2) is 29.1. The molecule has 0 saturated carbocycles. The number of nitrogens with two attached hydrogens (primary N) is 1. The Labute approximate surface area is 291 Å². The maximum absolute atomic E-state index is 8.67. The van der Waals surface area contributed by atoms with Crippen molar-refractivity contribution in [1.29, 1.82) is 16.1 Å². The van der Waals surface area contributed by atoms with Crippen molar-refractivity contribution in [3.05, 3.63) is 107 Å². The number of allylic oxidation sites excluding steroid dienone is 5. The first-order chi connectivity index (χ1) is 22.5. The van der Waals surface area contributed by atoms with Crippen molar-refractivity contribution in [3.63, 3.8) is 0 Å². The van der Waals surface area contributed by atoms with E-state index in [9.17, 15) is 0 Å². The molecule has 47 heavy (non-hydrogen) atoms. The SMILES string of the molecule is C=C(C)OC#N.C=C(NC)c1cccc([B]C)c1.C=Cc1ccc(N(CC)C(C)N)c(C(=N)C2=CC=C(Cl)CC2)c1.C=N.CC.CC. The number of hydrogen-bond donors (Lipinski definition) is 4. The van der Waals surface area contributed by atoms with Gasteiger partial charge in [0.1, 0.15) is 13.0 Å². The lowest BCUT2D eigenvalue weighted by Gasteiger charge is -2.30. The summed E-state index contributed by atoms with van der Waals surface area (Å²) in [6, 6.07) is 14.3. The Morgan fingerprint density at radius 1 is 1.15 bits per heavy atom. The van der Waals surface area contributed by atoms with E-state index in [1.165, 1.54) is 11.7 Å². The van der Waals surface area contributed by atoms with Gasteiger partial charge in [0.25, 0.3) is 6.26 Å². The van der Waals surface area contributed by atoms with Crippen LogP contribution in [0.1, 0.15) is 78.0 Å². The second-order valence-electron chi connectivity index (χ2n) is 9.23. The fraction of sp³-hybridized carbons (Fsp3) is 0.342. The number of nitrogens with one attached hydrogen (secondary N) is 3. The summed E-state index contributed by atoms with van der Waals surface area (Å²) in [5.41, 5.74) is 13.8. The number of rotatable bonds is 10. The van der Waals surface area contributed by atoms with Gasteiger partial charge in [0.15, 0.2) is 0 Å². The molecule has 255 valence electrons. The highest BCUT2D eigenvalue weighted by molar-refractivity contribution is 6.51. The van der Waals surface area contributed by atoms with E-state index >= 15 is 0 Å².